The fourth-order valence-electron chi connectivity index (χ4n) is 0.212. The second-order valence-electron chi connectivity index (χ2n) is 1.57. The minimum Gasteiger partial charge on any atom is -0.462 e. The standard InChI is InChI=1S/C6H10O.H2O/c1-3-6(2)4-5-7;/h6-7H,3H2,1-2H3;1H2. The van der Waals surface area contributed by atoms with Gasteiger partial charge in [0.2, 0.25) is 0 Å². The maximum atomic E-state index is 8.01. The molecule has 0 fully saturated rings. The Kier molecular flexibility index (Phi) is 8.16. The summed E-state index contributed by atoms with van der Waals surface area (Å²) in [5.41, 5.74) is 0. The zero-order chi connectivity index (χ0) is 5.70. The average molecular weight is 116 g/mol. The van der Waals surface area contributed by atoms with Crippen molar-refractivity contribution in [2.24, 2.45) is 5.92 Å². The predicted octanol–water partition coefficient (Wildman–Crippen LogP) is 0.541. The molecule has 0 aromatic rings. The van der Waals surface area contributed by atoms with Crippen LogP contribution in [0.4, 0.5) is 0 Å². The molecule has 0 aliphatic carbocycles. The van der Waals surface area contributed by atoms with E-state index >= 15 is 0 Å². The topological polar surface area (TPSA) is 51.7 Å². The molecule has 8 heavy (non-hydrogen) atoms. The van der Waals surface area contributed by atoms with Crippen molar-refractivity contribution in [2.45, 2.75) is 20.3 Å². The van der Waals surface area contributed by atoms with Crippen molar-refractivity contribution in [3.8, 4) is 12.0 Å². The summed E-state index contributed by atoms with van der Waals surface area (Å²) in [6, 6.07) is 0. The first-order valence-corrected chi connectivity index (χ1v) is 2.45. The average Bonchev–Trinajstić information content (AvgIpc) is 1.68. The third kappa shape index (κ3) is 5.32. The van der Waals surface area contributed by atoms with Gasteiger partial charge in [-0.3, -0.25) is 0 Å². The van der Waals surface area contributed by atoms with Gasteiger partial charge in [-0.05, 0) is 6.42 Å². The van der Waals surface area contributed by atoms with Crippen molar-refractivity contribution in [3.63, 3.8) is 0 Å². The number of rotatable bonds is 1. The van der Waals surface area contributed by atoms with Gasteiger partial charge in [0.1, 0.15) is 6.11 Å². The third-order valence-corrected chi connectivity index (χ3v) is 0.923. The Hall–Kier alpha value is -0.680. The highest BCUT2D eigenvalue weighted by Gasteiger charge is 1.87. The minimum absolute atomic E-state index is 0. The number of hydrogen-bond acceptors (Lipinski definition) is 1. The van der Waals surface area contributed by atoms with E-state index in [0.717, 1.165) is 6.42 Å². The SMILES string of the molecule is CCC(C)C#CO.O. The van der Waals surface area contributed by atoms with E-state index in [1.807, 2.05) is 20.0 Å². The number of hydrogen-bond donors (Lipinski definition) is 1. The molecule has 2 heteroatoms. The van der Waals surface area contributed by atoms with Crippen LogP contribution in [0.1, 0.15) is 20.3 Å². The molecule has 0 radical (unpaired) electrons. The van der Waals surface area contributed by atoms with E-state index in [-0.39, 0.29) is 5.48 Å². The normalized spacial score (nSPS) is 10.2. The molecule has 3 N–H and O–H groups in total. The molecular formula is C6H12O2. The van der Waals surface area contributed by atoms with Gasteiger partial charge in [-0.15, -0.1) is 0 Å². The van der Waals surface area contributed by atoms with Crippen LogP contribution in [0.5, 0.6) is 0 Å². The summed E-state index contributed by atoms with van der Waals surface area (Å²) in [6.45, 7) is 4.01. The smallest absolute Gasteiger partial charge is 0.107 e. The van der Waals surface area contributed by atoms with Crippen molar-refractivity contribution in [2.75, 3.05) is 0 Å². The van der Waals surface area contributed by atoms with Gasteiger partial charge in [-0.25, -0.2) is 0 Å². The van der Waals surface area contributed by atoms with Crippen LogP contribution in [0.25, 0.3) is 0 Å². The summed E-state index contributed by atoms with van der Waals surface area (Å²) in [4.78, 5) is 0. The van der Waals surface area contributed by atoms with Gasteiger partial charge in [-0.2, -0.15) is 0 Å². The van der Waals surface area contributed by atoms with Gasteiger partial charge in [0, 0.05) is 5.92 Å². The number of aliphatic hydroxyl groups excluding tert-OH is 1. The molecule has 0 amide bonds. The minimum atomic E-state index is 0. The quantitative estimate of drug-likeness (QED) is 0.499. The lowest BCUT2D eigenvalue weighted by atomic mass is 10.1. The molecule has 0 aromatic carbocycles. The van der Waals surface area contributed by atoms with E-state index in [4.69, 9.17) is 5.11 Å². The van der Waals surface area contributed by atoms with Crippen LogP contribution in [0.15, 0.2) is 0 Å². The molecule has 1 unspecified atom stereocenters. The largest absolute Gasteiger partial charge is 0.462 e. The molecule has 0 spiro atoms. The highest BCUT2D eigenvalue weighted by atomic mass is 16.2. The number of aliphatic hydroxyl groups is 1. The fraction of sp³-hybridized carbons (Fsp3) is 0.667. The van der Waals surface area contributed by atoms with E-state index in [0.29, 0.717) is 5.92 Å². The second kappa shape index (κ2) is 6.32. The molecule has 0 rings (SSSR count). The maximum absolute atomic E-state index is 8.01. The molecule has 0 saturated heterocycles. The first-order valence-electron chi connectivity index (χ1n) is 2.45. The molecule has 0 aromatic heterocycles. The van der Waals surface area contributed by atoms with Gasteiger partial charge in [-0.1, -0.05) is 19.8 Å². The Bertz CT molecular complexity index is 88.4. The Morgan fingerprint density at radius 1 is 1.62 bits per heavy atom. The van der Waals surface area contributed by atoms with Gasteiger partial charge >= 0.3 is 0 Å². The lowest BCUT2D eigenvalue weighted by Crippen LogP contribution is -1.83. The Balaban J connectivity index is 0. The molecule has 48 valence electrons. The van der Waals surface area contributed by atoms with Crippen molar-refractivity contribution in [1.29, 1.82) is 0 Å². The molecule has 0 aliphatic heterocycles. The Morgan fingerprint density at radius 3 is 2.25 bits per heavy atom. The van der Waals surface area contributed by atoms with Crippen LogP contribution in [0.3, 0.4) is 0 Å². The summed E-state index contributed by atoms with van der Waals surface area (Å²) in [5.74, 6) is 2.94. The monoisotopic (exact) mass is 116 g/mol. The molecule has 2 nitrogen and oxygen atoms in total. The predicted molar refractivity (Wildman–Crippen MR) is 32.8 cm³/mol. The van der Waals surface area contributed by atoms with E-state index in [2.05, 4.69) is 5.92 Å². The molecule has 0 saturated carbocycles. The van der Waals surface area contributed by atoms with Crippen molar-refractivity contribution in [1.82, 2.24) is 0 Å². The van der Waals surface area contributed by atoms with Gasteiger partial charge in [0.15, 0.2) is 0 Å². The Labute approximate surface area is 49.8 Å². The molecule has 0 aliphatic rings. The van der Waals surface area contributed by atoms with E-state index < -0.39 is 0 Å². The van der Waals surface area contributed by atoms with E-state index in [9.17, 15) is 0 Å². The first kappa shape index (κ1) is 10.3. The first-order chi connectivity index (χ1) is 3.31. The molecule has 1 atom stereocenters. The summed E-state index contributed by atoms with van der Waals surface area (Å²) < 4.78 is 0. The van der Waals surface area contributed by atoms with Crippen molar-refractivity contribution in [3.05, 3.63) is 0 Å². The zero-order valence-electron chi connectivity index (χ0n) is 5.23. The van der Waals surface area contributed by atoms with Gasteiger partial charge in [0.05, 0.1) is 0 Å². The van der Waals surface area contributed by atoms with Crippen LogP contribution in [-0.2, 0) is 0 Å². The third-order valence-electron chi connectivity index (χ3n) is 0.923. The maximum Gasteiger partial charge on any atom is 0.107 e. The Morgan fingerprint density at radius 2 is 2.12 bits per heavy atom. The molecule has 0 bridgehead atoms. The van der Waals surface area contributed by atoms with Crippen LogP contribution < -0.4 is 0 Å². The van der Waals surface area contributed by atoms with Crippen molar-refractivity contribution < 1.29 is 10.6 Å². The van der Waals surface area contributed by atoms with Crippen molar-refractivity contribution >= 4 is 0 Å². The summed E-state index contributed by atoms with van der Waals surface area (Å²) >= 11 is 0. The molecule has 0 heterocycles. The zero-order valence-corrected chi connectivity index (χ0v) is 5.23. The fourth-order valence-corrected chi connectivity index (χ4v) is 0.212. The second-order valence-corrected chi connectivity index (χ2v) is 1.57. The van der Waals surface area contributed by atoms with Gasteiger partial charge < -0.3 is 10.6 Å². The van der Waals surface area contributed by atoms with Crippen LogP contribution in [0.2, 0.25) is 0 Å². The van der Waals surface area contributed by atoms with Crippen LogP contribution in [-0.4, -0.2) is 10.6 Å². The summed E-state index contributed by atoms with van der Waals surface area (Å²) in [6.07, 6.45) is 2.88. The lowest BCUT2D eigenvalue weighted by molar-refractivity contribution is 0.513. The van der Waals surface area contributed by atoms with Crippen LogP contribution >= 0.6 is 0 Å². The molecular weight excluding hydrogens is 104 g/mol. The van der Waals surface area contributed by atoms with Gasteiger partial charge in [0.25, 0.3) is 0 Å². The van der Waals surface area contributed by atoms with Crippen LogP contribution in [0, 0.1) is 17.9 Å². The van der Waals surface area contributed by atoms with E-state index in [1.165, 1.54) is 0 Å². The summed E-state index contributed by atoms with van der Waals surface area (Å²) in [5, 5.41) is 8.01. The lowest BCUT2D eigenvalue weighted by Gasteiger charge is -1.90. The highest BCUT2D eigenvalue weighted by Crippen LogP contribution is 1.95. The van der Waals surface area contributed by atoms with E-state index in [1.54, 1.807) is 0 Å². The highest BCUT2D eigenvalue weighted by molar-refractivity contribution is 4.93. The summed E-state index contributed by atoms with van der Waals surface area (Å²) in [7, 11) is 0.